The fourth-order valence-electron chi connectivity index (χ4n) is 0.836. The molecule has 14 heavy (non-hydrogen) atoms. The third kappa shape index (κ3) is 2.33. The molecule has 0 spiro atoms. The zero-order valence-corrected chi connectivity index (χ0v) is 8.49. The first-order chi connectivity index (χ1) is 5.96. The van der Waals surface area contributed by atoms with Crippen molar-refractivity contribution in [1.82, 2.24) is 0 Å². The van der Waals surface area contributed by atoms with Crippen LogP contribution in [0.2, 0.25) is 0 Å². The lowest BCUT2D eigenvalue weighted by molar-refractivity contribution is 0.235. The first-order valence-corrected chi connectivity index (χ1v) is 4.87. The second kappa shape index (κ2) is 4.56. The lowest BCUT2D eigenvalue weighted by Gasteiger charge is -2.04. The van der Waals surface area contributed by atoms with Crippen LogP contribution in [0.5, 0.6) is 0 Å². The van der Waals surface area contributed by atoms with Crippen LogP contribution in [0.25, 0.3) is 0 Å². The Morgan fingerprint density at radius 2 is 1.71 bits per heavy atom. The number of hydrogen-bond acceptors (Lipinski definition) is 3. The van der Waals surface area contributed by atoms with E-state index in [1.807, 2.05) is 0 Å². The molecule has 2 N–H and O–H groups in total. The van der Waals surface area contributed by atoms with Crippen LogP contribution in [0, 0.1) is 0 Å². The number of benzene rings is 1. The van der Waals surface area contributed by atoms with E-state index in [0.717, 1.165) is 6.07 Å². The van der Waals surface area contributed by atoms with E-state index in [9.17, 15) is 17.2 Å². The van der Waals surface area contributed by atoms with Crippen molar-refractivity contribution in [2.45, 2.75) is 10.7 Å². The van der Waals surface area contributed by atoms with Crippen LogP contribution in [0.1, 0.15) is 0 Å². The van der Waals surface area contributed by atoms with E-state index in [0.29, 0.717) is 0 Å². The van der Waals surface area contributed by atoms with Gasteiger partial charge in [-0.3, -0.25) is 0 Å². The van der Waals surface area contributed by atoms with Gasteiger partial charge in [-0.2, -0.15) is 8.78 Å². The molecular formula is C7H8ClF2NO2S. The molecule has 80 valence electrons. The van der Waals surface area contributed by atoms with E-state index in [-0.39, 0.29) is 18.1 Å². The maximum atomic E-state index is 12.0. The highest BCUT2D eigenvalue weighted by Crippen LogP contribution is 2.23. The molecule has 0 aromatic heterocycles. The van der Waals surface area contributed by atoms with Gasteiger partial charge < -0.3 is 5.73 Å². The lowest BCUT2D eigenvalue weighted by Crippen LogP contribution is -2.13. The van der Waals surface area contributed by atoms with Crippen molar-refractivity contribution in [3.63, 3.8) is 0 Å². The summed E-state index contributed by atoms with van der Waals surface area (Å²) in [7, 11) is -4.57. The Labute approximate surface area is 86.2 Å². The highest BCUT2D eigenvalue weighted by atomic mass is 35.5. The molecule has 0 saturated heterocycles. The molecule has 1 rings (SSSR count). The molecule has 0 radical (unpaired) electrons. The van der Waals surface area contributed by atoms with Crippen LogP contribution in [0.15, 0.2) is 29.2 Å². The largest absolute Gasteiger partial charge is 0.398 e. The summed E-state index contributed by atoms with van der Waals surface area (Å²) < 4.78 is 45.9. The maximum Gasteiger partial charge on any atom is 0.341 e. The summed E-state index contributed by atoms with van der Waals surface area (Å²) in [5.41, 5.74) is 5.07. The van der Waals surface area contributed by atoms with Crippen molar-refractivity contribution in [3.05, 3.63) is 24.3 Å². The molecule has 0 aliphatic carbocycles. The Hall–Kier alpha value is -0.880. The molecule has 0 fully saturated rings. The number of anilines is 1. The third-order valence-electron chi connectivity index (χ3n) is 1.46. The second-order valence-corrected chi connectivity index (χ2v) is 4.23. The number of alkyl halides is 2. The standard InChI is InChI=1S/C7H7F2NO2S.ClH/c8-7(9)13(11,12)6-4-2-1-3-5(6)10;/h1-4,7H,10H2;1H. The average Bonchev–Trinajstić information content (AvgIpc) is 2.04. The number of halogens is 3. The third-order valence-corrected chi connectivity index (χ3v) is 2.91. The summed E-state index contributed by atoms with van der Waals surface area (Å²) in [6, 6.07) is 5.12. The lowest BCUT2D eigenvalue weighted by atomic mass is 10.3. The molecule has 1 aromatic rings. The summed E-state index contributed by atoms with van der Waals surface area (Å²) in [5.74, 6) is -3.43. The molecule has 0 heterocycles. The van der Waals surface area contributed by atoms with Crippen LogP contribution >= 0.6 is 12.4 Å². The fourth-order valence-corrected chi connectivity index (χ4v) is 1.69. The molecule has 7 heteroatoms. The predicted octanol–water partition coefficient (Wildman–Crippen LogP) is 1.69. The molecule has 3 nitrogen and oxygen atoms in total. The van der Waals surface area contributed by atoms with Crippen molar-refractivity contribution in [1.29, 1.82) is 0 Å². The van der Waals surface area contributed by atoms with Gasteiger partial charge in [-0.05, 0) is 12.1 Å². The van der Waals surface area contributed by atoms with Gasteiger partial charge in [-0.15, -0.1) is 12.4 Å². The topological polar surface area (TPSA) is 60.2 Å². The van der Waals surface area contributed by atoms with Crippen molar-refractivity contribution in [2.75, 3.05) is 5.73 Å². The van der Waals surface area contributed by atoms with Gasteiger partial charge >= 0.3 is 5.76 Å². The molecule has 0 atom stereocenters. The predicted molar refractivity (Wildman–Crippen MR) is 51.3 cm³/mol. The van der Waals surface area contributed by atoms with E-state index >= 15 is 0 Å². The minimum absolute atomic E-state index is 0. The van der Waals surface area contributed by atoms with Gasteiger partial charge in [-0.25, -0.2) is 8.42 Å². The van der Waals surface area contributed by atoms with Gasteiger partial charge in [0.2, 0.25) is 9.84 Å². The van der Waals surface area contributed by atoms with Crippen LogP contribution in [0.3, 0.4) is 0 Å². The van der Waals surface area contributed by atoms with Gasteiger partial charge in [0.25, 0.3) is 0 Å². The summed E-state index contributed by atoms with van der Waals surface area (Å²) >= 11 is 0. The first-order valence-electron chi connectivity index (χ1n) is 3.33. The Morgan fingerprint density at radius 1 is 1.21 bits per heavy atom. The second-order valence-electron chi connectivity index (χ2n) is 2.34. The molecule has 1 aromatic carbocycles. The van der Waals surface area contributed by atoms with E-state index in [1.165, 1.54) is 18.2 Å². The Bertz CT molecular complexity index is 408. The minimum Gasteiger partial charge on any atom is -0.398 e. The first kappa shape index (κ1) is 13.1. The van der Waals surface area contributed by atoms with E-state index in [2.05, 4.69) is 0 Å². The summed E-state index contributed by atoms with van der Waals surface area (Å²) in [4.78, 5) is -0.523. The number of nitrogen functional groups attached to an aromatic ring is 1. The zero-order chi connectivity index (χ0) is 10.1. The monoisotopic (exact) mass is 243 g/mol. The molecule has 0 aliphatic rings. The number of rotatable bonds is 2. The van der Waals surface area contributed by atoms with Gasteiger partial charge in [0.05, 0.1) is 10.6 Å². The van der Waals surface area contributed by atoms with Crippen LogP contribution in [-0.4, -0.2) is 14.2 Å². The maximum absolute atomic E-state index is 12.0. The molecule has 0 saturated carbocycles. The van der Waals surface area contributed by atoms with Crippen LogP contribution in [-0.2, 0) is 9.84 Å². The van der Waals surface area contributed by atoms with Crippen molar-refractivity contribution in [2.24, 2.45) is 0 Å². The van der Waals surface area contributed by atoms with Gasteiger partial charge in [0.15, 0.2) is 0 Å². The van der Waals surface area contributed by atoms with Crippen molar-refractivity contribution >= 4 is 27.9 Å². The van der Waals surface area contributed by atoms with Crippen molar-refractivity contribution in [3.8, 4) is 0 Å². The van der Waals surface area contributed by atoms with Crippen LogP contribution < -0.4 is 5.73 Å². The number of nitrogens with two attached hydrogens (primary N) is 1. The molecule has 0 aliphatic heterocycles. The molecule has 0 bridgehead atoms. The Kier molecular flexibility index (Phi) is 4.28. The highest BCUT2D eigenvalue weighted by molar-refractivity contribution is 7.91. The zero-order valence-electron chi connectivity index (χ0n) is 6.85. The summed E-state index contributed by atoms with van der Waals surface area (Å²) in [6.07, 6.45) is 0. The summed E-state index contributed by atoms with van der Waals surface area (Å²) in [5, 5.41) is 0. The smallest absolute Gasteiger partial charge is 0.341 e. The van der Waals surface area contributed by atoms with Crippen LogP contribution in [0.4, 0.5) is 14.5 Å². The highest BCUT2D eigenvalue weighted by Gasteiger charge is 2.27. The Morgan fingerprint density at radius 3 is 2.14 bits per heavy atom. The van der Waals surface area contributed by atoms with E-state index in [4.69, 9.17) is 5.73 Å². The number of sulfone groups is 1. The minimum atomic E-state index is -4.57. The van der Waals surface area contributed by atoms with E-state index < -0.39 is 20.5 Å². The summed E-state index contributed by atoms with van der Waals surface area (Å²) in [6.45, 7) is 0. The quantitative estimate of drug-likeness (QED) is 0.804. The molecular weight excluding hydrogens is 236 g/mol. The van der Waals surface area contributed by atoms with Gasteiger partial charge in [0, 0.05) is 0 Å². The molecule has 0 amide bonds. The SMILES string of the molecule is Cl.Nc1ccccc1S(=O)(=O)C(F)F. The molecule has 0 unspecified atom stereocenters. The van der Waals surface area contributed by atoms with Crippen molar-refractivity contribution < 1.29 is 17.2 Å². The van der Waals surface area contributed by atoms with E-state index in [1.54, 1.807) is 0 Å². The normalized spacial score (nSPS) is 11.1. The fraction of sp³-hybridized carbons (Fsp3) is 0.143. The van der Waals surface area contributed by atoms with Gasteiger partial charge in [0.1, 0.15) is 0 Å². The number of para-hydroxylation sites is 1. The number of hydrogen-bond donors (Lipinski definition) is 1. The van der Waals surface area contributed by atoms with Gasteiger partial charge in [-0.1, -0.05) is 12.1 Å². The Balaban J connectivity index is 0.00000169. The average molecular weight is 244 g/mol.